The lowest BCUT2D eigenvalue weighted by atomic mass is 9.89. The number of allylic oxidation sites excluding steroid dienone is 2. The second-order valence-corrected chi connectivity index (χ2v) is 5.84. The zero-order valence-corrected chi connectivity index (χ0v) is 9.81. The summed E-state index contributed by atoms with van der Waals surface area (Å²) in [6.07, 6.45) is 2.32. The minimum Gasteiger partial charge on any atom is -0.110 e. The summed E-state index contributed by atoms with van der Waals surface area (Å²) < 4.78 is 0. The topological polar surface area (TPSA) is 0 Å². The van der Waals surface area contributed by atoms with Gasteiger partial charge in [-0.2, -0.15) is 0 Å². The van der Waals surface area contributed by atoms with Crippen molar-refractivity contribution in [3.63, 3.8) is 0 Å². The second kappa shape index (κ2) is 3.27. The fourth-order valence-corrected chi connectivity index (χ4v) is 1.18. The van der Waals surface area contributed by atoms with Gasteiger partial charge >= 0.3 is 0 Å². The molecule has 0 aromatic carbocycles. The molecule has 1 unspecified atom stereocenters. The van der Waals surface area contributed by atoms with Crippen LogP contribution >= 0.6 is 9.24 Å². The fraction of sp³-hybridized carbons (Fsp3) is 0.800. The Balaban J connectivity index is 4.49. The molecule has 1 atom stereocenters. The van der Waals surface area contributed by atoms with Gasteiger partial charge in [-0.3, -0.25) is 0 Å². The summed E-state index contributed by atoms with van der Waals surface area (Å²) in [5.41, 5.74) is 0.586. The van der Waals surface area contributed by atoms with E-state index >= 15 is 0 Å². The standard InChI is InChI=1S/C10H21P/c1-9(2,3)7-8(11)10(4,5)6/h7H,11H2,1-6H3. The van der Waals surface area contributed by atoms with E-state index in [1.165, 1.54) is 5.31 Å². The van der Waals surface area contributed by atoms with Crippen LogP contribution in [0.25, 0.3) is 0 Å². The molecule has 0 aliphatic carbocycles. The molecule has 0 saturated carbocycles. The Morgan fingerprint density at radius 1 is 1.00 bits per heavy atom. The van der Waals surface area contributed by atoms with E-state index < -0.39 is 0 Å². The van der Waals surface area contributed by atoms with Crippen LogP contribution in [0.3, 0.4) is 0 Å². The first-order valence-electron chi connectivity index (χ1n) is 4.12. The molecule has 0 rings (SSSR count). The predicted octanol–water partition coefficient (Wildman–Crippen LogP) is 3.84. The van der Waals surface area contributed by atoms with Gasteiger partial charge in [0.05, 0.1) is 0 Å². The third kappa shape index (κ3) is 5.44. The predicted molar refractivity (Wildman–Crippen MR) is 56.7 cm³/mol. The average molecular weight is 172 g/mol. The molecule has 0 fully saturated rings. The molecule has 1 heteroatoms. The van der Waals surface area contributed by atoms with E-state index in [0.717, 1.165) is 0 Å². The van der Waals surface area contributed by atoms with Gasteiger partial charge in [0.2, 0.25) is 0 Å². The molecule has 11 heavy (non-hydrogen) atoms. The molecule has 0 saturated heterocycles. The molecule has 0 N–H and O–H groups in total. The van der Waals surface area contributed by atoms with Gasteiger partial charge in [-0.1, -0.05) is 52.9 Å². The molecule has 0 nitrogen and oxygen atoms in total. The molecule has 0 heterocycles. The van der Waals surface area contributed by atoms with E-state index in [1.54, 1.807) is 0 Å². The minimum absolute atomic E-state index is 0.290. The molecule has 0 aliphatic rings. The summed E-state index contributed by atoms with van der Waals surface area (Å²) in [6.45, 7) is 13.4. The lowest BCUT2D eigenvalue weighted by molar-refractivity contribution is 0.494. The Bertz CT molecular complexity index is 153. The van der Waals surface area contributed by atoms with Crippen LogP contribution in [0.4, 0.5) is 0 Å². The molecule has 0 bridgehead atoms. The number of hydrogen-bond donors (Lipinski definition) is 0. The van der Waals surface area contributed by atoms with E-state index in [0.29, 0.717) is 5.41 Å². The van der Waals surface area contributed by atoms with Crippen molar-refractivity contribution in [3.8, 4) is 0 Å². The van der Waals surface area contributed by atoms with Gasteiger partial charge in [0.1, 0.15) is 0 Å². The van der Waals surface area contributed by atoms with E-state index in [2.05, 4.69) is 56.9 Å². The van der Waals surface area contributed by atoms with E-state index in [9.17, 15) is 0 Å². The first kappa shape index (κ1) is 11.2. The monoisotopic (exact) mass is 172 g/mol. The van der Waals surface area contributed by atoms with Crippen LogP contribution in [0.5, 0.6) is 0 Å². The lowest BCUT2D eigenvalue weighted by Crippen LogP contribution is -2.09. The highest BCUT2D eigenvalue weighted by molar-refractivity contribution is 7.22. The van der Waals surface area contributed by atoms with Gasteiger partial charge in [-0.15, -0.1) is 9.24 Å². The molecule has 0 spiro atoms. The van der Waals surface area contributed by atoms with E-state index in [4.69, 9.17) is 0 Å². The zero-order chi connectivity index (χ0) is 9.28. The van der Waals surface area contributed by atoms with Crippen LogP contribution in [-0.4, -0.2) is 0 Å². The Hall–Kier alpha value is 0.170. The quantitative estimate of drug-likeness (QED) is 0.487. The molecule has 0 aliphatic heterocycles. The zero-order valence-electron chi connectivity index (χ0n) is 8.65. The first-order chi connectivity index (χ1) is 4.63. The van der Waals surface area contributed by atoms with Crippen LogP contribution in [-0.2, 0) is 0 Å². The van der Waals surface area contributed by atoms with E-state index in [-0.39, 0.29) is 5.41 Å². The molecular weight excluding hydrogens is 151 g/mol. The number of hydrogen-bond acceptors (Lipinski definition) is 0. The smallest absolute Gasteiger partial charge is 0.0136 e. The van der Waals surface area contributed by atoms with Gasteiger partial charge in [0, 0.05) is 0 Å². The minimum atomic E-state index is 0.290. The Morgan fingerprint density at radius 3 is 1.45 bits per heavy atom. The molecule has 0 radical (unpaired) electrons. The third-order valence-corrected chi connectivity index (χ3v) is 2.49. The average Bonchev–Trinajstić information content (AvgIpc) is 1.56. The van der Waals surface area contributed by atoms with Gasteiger partial charge < -0.3 is 0 Å². The van der Waals surface area contributed by atoms with Crippen molar-refractivity contribution < 1.29 is 0 Å². The Morgan fingerprint density at radius 2 is 1.36 bits per heavy atom. The van der Waals surface area contributed by atoms with Crippen LogP contribution in [0, 0.1) is 10.8 Å². The van der Waals surface area contributed by atoms with Crippen molar-refractivity contribution in [3.05, 3.63) is 11.4 Å². The van der Waals surface area contributed by atoms with Crippen molar-refractivity contribution in [1.29, 1.82) is 0 Å². The highest BCUT2D eigenvalue weighted by Gasteiger charge is 2.15. The van der Waals surface area contributed by atoms with Gasteiger partial charge in [-0.25, -0.2) is 0 Å². The maximum absolute atomic E-state index is 2.83. The van der Waals surface area contributed by atoms with Crippen molar-refractivity contribution in [2.24, 2.45) is 10.8 Å². The van der Waals surface area contributed by atoms with Crippen LogP contribution in [0.15, 0.2) is 11.4 Å². The SMILES string of the molecule is CC(C)(C)C=C(P)C(C)(C)C. The van der Waals surface area contributed by atoms with Crippen molar-refractivity contribution in [2.75, 3.05) is 0 Å². The van der Waals surface area contributed by atoms with Gasteiger partial charge in [0.15, 0.2) is 0 Å². The summed E-state index contributed by atoms with van der Waals surface area (Å²) in [6, 6.07) is 0. The Labute approximate surface area is 73.7 Å². The van der Waals surface area contributed by atoms with Crippen LogP contribution in [0.2, 0.25) is 0 Å². The number of rotatable bonds is 0. The van der Waals surface area contributed by atoms with Crippen molar-refractivity contribution in [2.45, 2.75) is 41.5 Å². The largest absolute Gasteiger partial charge is 0.110 e. The second-order valence-electron chi connectivity index (χ2n) is 5.22. The van der Waals surface area contributed by atoms with Gasteiger partial charge in [-0.05, 0) is 10.8 Å². The van der Waals surface area contributed by atoms with Crippen LogP contribution < -0.4 is 0 Å². The molecule has 66 valence electrons. The normalized spacial score (nSPS) is 15.4. The first-order valence-corrected chi connectivity index (χ1v) is 4.69. The molecule has 0 aromatic rings. The highest BCUT2D eigenvalue weighted by atomic mass is 31.0. The van der Waals surface area contributed by atoms with Crippen LogP contribution in [0.1, 0.15) is 41.5 Å². The molecule has 0 amide bonds. The van der Waals surface area contributed by atoms with E-state index in [1.807, 2.05) is 0 Å². The Kier molecular flexibility index (Phi) is 3.32. The summed E-state index contributed by atoms with van der Waals surface area (Å²) in [4.78, 5) is 0. The van der Waals surface area contributed by atoms with Crippen molar-refractivity contribution in [1.82, 2.24) is 0 Å². The summed E-state index contributed by atoms with van der Waals surface area (Å²) >= 11 is 0. The highest BCUT2D eigenvalue weighted by Crippen LogP contribution is 2.33. The lowest BCUT2D eigenvalue weighted by Gasteiger charge is -2.23. The molecular formula is C10H21P. The third-order valence-electron chi connectivity index (χ3n) is 1.45. The molecule has 0 aromatic heterocycles. The summed E-state index contributed by atoms with van der Waals surface area (Å²) in [7, 11) is 2.83. The summed E-state index contributed by atoms with van der Waals surface area (Å²) in [5, 5.41) is 1.39. The summed E-state index contributed by atoms with van der Waals surface area (Å²) in [5.74, 6) is 0. The maximum atomic E-state index is 2.83. The van der Waals surface area contributed by atoms with Gasteiger partial charge in [0.25, 0.3) is 0 Å². The van der Waals surface area contributed by atoms with Crippen molar-refractivity contribution >= 4 is 9.24 Å². The fourth-order valence-electron chi connectivity index (χ4n) is 0.683. The maximum Gasteiger partial charge on any atom is -0.0136 e.